The predicted octanol–water partition coefficient (Wildman–Crippen LogP) is 0.00880. The SMILES string of the molecule is [3H]OP(=O)(O)NCCSSCCN. The Balaban J connectivity index is 3.21. The van der Waals surface area contributed by atoms with Crippen LogP contribution in [0.5, 0.6) is 0 Å². The topological polar surface area (TPSA) is 95.6 Å². The Bertz CT molecular complexity index is 175. The zero-order valence-corrected chi connectivity index (χ0v) is 8.96. The largest absolute Gasteiger partial charge is 0.400 e. The molecular weight excluding hydrogens is 219 g/mol. The van der Waals surface area contributed by atoms with E-state index in [1.165, 1.54) is 0 Å². The molecule has 0 rings (SSSR count). The van der Waals surface area contributed by atoms with Crippen molar-refractivity contribution >= 4 is 29.3 Å². The molecule has 0 radical (unpaired) electrons. The summed E-state index contributed by atoms with van der Waals surface area (Å²) in [6.45, 7) is 0.953. The van der Waals surface area contributed by atoms with Gasteiger partial charge in [-0.1, -0.05) is 21.6 Å². The summed E-state index contributed by atoms with van der Waals surface area (Å²) in [6, 6.07) is 0. The first-order valence-electron chi connectivity index (χ1n) is 3.70. The summed E-state index contributed by atoms with van der Waals surface area (Å²) in [6.07, 6.45) is 0. The summed E-state index contributed by atoms with van der Waals surface area (Å²) in [7, 11) is -0.701. The van der Waals surface area contributed by atoms with Gasteiger partial charge in [0.15, 0.2) is 0 Å². The normalized spacial score (nSPS) is 17.0. The highest BCUT2D eigenvalue weighted by molar-refractivity contribution is 8.76. The molecule has 0 aromatic rings. The smallest absolute Gasteiger partial charge is 0.330 e. The standard InChI is InChI=1S/C4H13N2O3PS2/c5-1-3-11-12-4-2-6-10(7,8)9/h1-5H2,(H3,6,7,8,9)/i/hT. The van der Waals surface area contributed by atoms with Crippen LogP contribution in [-0.4, -0.2) is 35.8 Å². The van der Waals surface area contributed by atoms with Crippen LogP contribution in [0.15, 0.2) is 0 Å². The lowest BCUT2D eigenvalue weighted by atomic mass is 10.8. The van der Waals surface area contributed by atoms with Crippen molar-refractivity contribution in [2.24, 2.45) is 5.73 Å². The summed E-state index contributed by atoms with van der Waals surface area (Å²) in [5.41, 5.74) is 5.25. The van der Waals surface area contributed by atoms with E-state index in [1.807, 2.05) is 0 Å². The van der Waals surface area contributed by atoms with E-state index in [0.29, 0.717) is 18.8 Å². The molecule has 0 aliphatic carbocycles. The van der Waals surface area contributed by atoms with Crippen LogP contribution in [0.2, 0.25) is 0 Å². The Morgan fingerprint density at radius 3 is 2.83 bits per heavy atom. The second kappa shape index (κ2) is 7.20. The lowest BCUT2D eigenvalue weighted by Gasteiger charge is -2.04. The van der Waals surface area contributed by atoms with Gasteiger partial charge in [0.1, 0.15) is 0 Å². The van der Waals surface area contributed by atoms with Crippen molar-refractivity contribution in [1.29, 1.82) is 1.43 Å². The maximum atomic E-state index is 10.7. The molecule has 0 fully saturated rings. The molecule has 1 atom stereocenters. The molecule has 74 valence electrons. The van der Waals surface area contributed by atoms with E-state index in [4.69, 9.17) is 12.1 Å². The van der Waals surface area contributed by atoms with Crippen molar-refractivity contribution in [2.75, 3.05) is 24.6 Å². The summed E-state index contributed by atoms with van der Waals surface area (Å²) in [5.74, 6) is 1.52. The van der Waals surface area contributed by atoms with Gasteiger partial charge in [-0.15, -0.1) is 0 Å². The van der Waals surface area contributed by atoms with Gasteiger partial charge in [-0.3, -0.25) is 0 Å². The molecule has 5 nitrogen and oxygen atoms in total. The van der Waals surface area contributed by atoms with E-state index in [-0.39, 0.29) is 0 Å². The minimum Gasteiger partial charge on any atom is -0.330 e. The Labute approximate surface area is 81.0 Å². The van der Waals surface area contributed by atoms with Crippen LogP contribution in [-0.2, 0) is 4.57 Å². The summed E-state index contributed by atoms with van der Waals surface area (Å²) in [5, 5.41) is 2.22. The third-order valence-electron chi connectivity index (χ3n) is 0.782. The molecule has 0 amide bonds. The van der Waals surface area contributed by atoms with E-state index in [2.05, 4.69) is 9.98 Å². The van der Waals surface area contributed by atoms with Crippen molar-refractivity contribution in [1.82, 2.24) is 5.09 Å². The minimum absolute atomic E-state index is 0.328. The first kappa shape index (κ1) is 10.8. The van der Waals surface area contributed by atoms with Crippen LogP contribution in [0.4, 0.5) is 0 Å². The molecule has 0 saturated heterocycles. The lowest BCUT2D eigenvalue weighted by molar-refractivity contribution is 0.359. The summed E-state index contributed by atoms with van der Waals surface area (Å²) in [4.78, 5) is 12.3. The zero-order valence-electron chi connectivity index (χ0n) is 7.43. The third kappa shape index (κ3) is 10.8. The number of hydrogen-bond donors (Lipinski definition) is 4. The van der Waals surface area contributed by atoms with E-state index >= 15 is 0 Å². The Kier molecular flexibility index (Phi) is 6.51. The molecule has 0 spiro atoms. The van der Waals surface area contributed by atoms with Crippen LogP contribution >= 0.6 is 29.3 Å². The molecule has 0 aliphatic heterocycles. The van der Waals surface area contributed by atoms with Crippen molar-refractivity contribution in [2.45, 2.75) is 0 Å². The van der Waals surface area contributed by atoms with Gasteiger partial charge in [0.05, 0.1) is 0 Å². The molecular formula is C4H13N2O3PS2. The third-order valence-corrected chi connectivity index (χ3v) is 3.84. The van der Waals surface area contributed by atoms with Gasteiger partial charge >= 0.3 is 7.75 Å². The molecule has 0 bridgehead atoms. The van der Waals surface area contributed by atoms with Crippen molar-refractivity contribution < 1.29 is 14.4 Å². The minimum atomic E-state index is -3.86. The highest BCUT2D eigenvalue weighted by atomic mass is 33.1. The van der Waals surface area contributed by atoms with Crippen molar-refractivity contribution in [3.63, 3.8) is 0 Å². The highest BCUT2D eigenvalue weighted by Crippen LogP contribution is 2.28. The highest BCUT2D eigenvalue weighted by Gasteiger charge is 2.09. The van der Waals surface area contributed by atoms with E-state index in [1.54, 1.807) is 21.6 Å². The fraction of sp³-hybridized carbons (Fsp3) is 1.00. The summed E-state index contributed by atoms with van der Waals surface area (Å²) >= 11 is 0. The van der Waals surface area contributed by atoms with E-state index in [0.717, 1.165) is 5.75 Å². The number of hydrogen-bond acceptors (Lipinski definition) is 5. The van der Waals surface area contributed by atoms with Crippen molar-refractivity contribution in [3.05, 3.63) is 0 Å². The second-order valence-corrected chi connectivity index (χ2v) is 5.92. The number of nitrogens with two attached hydrogens (primary N) is 1. The molecule has 5 N–H and O–H groups in total. The van der Waals surface area contributed by atoms with Gasteiger partial charge < -0.3 is 15.5 Å². The van der Waals surface area contributed by atoms with Crippen LogP contribution in [0.1, 0.15) is 0 Å². The van der Waals surface area contributed by atoms with Gasteiger partial charge in [-0.25, -0.2) is 9.65 Å². The second-order valence-electron chi connectivity index (χ2n) is 1.86. The van der Waals surface area contributed by atoms with Gasteiger partial charge in [0, 0.05) is 24.6 Å². The Morgan fingerprint density at radius 2 is 2.25 bits per heavy atom. The van der Waals surface area contributed by atoms with E-state index in [9.17, 15) is 4.57 Å². The molecule has 0 aromatic heterocycles. The van der Waals surface area contributed by atoms with Crippen LogP contribution < -0.4 is 10.8 Å². The molecule has 0 heterocycles. The molecule has 1 unspecified atom stereocenters. The first-order chi connectivity index (χ1) is 6.12. The molecule has 12 heavy (non-hydrogen) atoms. The molecule has 0 aromatic carbocycles. The number of rotatable bonds is 8. The Morgan fingerprint density at radius 1 is 1.58 bits per heavy atom. The van der Waals surface area contributed by atoms with Gasteiger partial charge in [0.25, 0.3) is 0 Å². The number of nitrogens with one attached hydrogen (secondary N) is 1. The lowest BCUT2D eigenvalue weighted by Crippen LogP contribution is -2.12. The maximum absolute atomic E-state index is 10.7. The van der Waals surface area contributed by atoms with Crippen LogP contribution in [0.25, 0.3) is 0 Å². The fourth-order valence-corrected chi connectivity index (χ4v) is 2.70. The summed E-state index contributed by atoms with van der Waals surface area (Å²) < 4.78 is 16.9. The first-order valence-corrected chi connectivity index (χ1v) is 7.36. The molecule has 0 aliphatic rings. The van der Waals surface area contributed by atoms with Crippen molar-refractivity contribution in [3.8, 4) is 0 Å². The van der Waals surface area contributed by atoms with Gasteiger partial charge in [-0.2, -0.15) is 0 Å². The van der Waals surface area contributed by atoms with Crippen LogP contribution in [0.3, 0.4) is 0 Å². The zero-order chi connectivity index (χ0) is 10.2. The van der Waals surface area contributed by atoms with Gasteiger partial charge in [-0.05, 0) is 0 Å². The van der Waals surface area contributed by atoms with Gasteiger partial charge in [0.2, 0.25) is 1.43 Å². The monoisotopic (exact) mass is 234 g/mol. The van der Waals surface area contributed by atoms with Crippen LogP contribution in [0, 0.1) is 0 Å². The average molecular weight is 234 g/mol. The molecule has 0 saturated carbocycles. The molecule has 8 heteroatoms. The fourth-order valence-electron chi connectivity index (χ4n) is 0.395. The predicted molar refractivity (Wildman–Crippen MR) is 54.0 cm³/mol. The quantitative estimate of drug-likeness (QED) is 0.267. The average Bonchev–Trinajstić information content (AvgIpc) is 2.11. The Hall–Kier alpha value is 0.770. The maximum Gasteiger partial charge on any atom is 0.400 e. The van der Waals surface area contributed by atoms with E-state index < -0.39 is 7.75 Å².